The lowest BCUT2D eigenvalue weighted by Gasteiger charge is -2.14. The molecule has 0 atom stereocenters. The molecule has 14 heavy (non-hydrogen) atoms. The lowest BCUT2D eigenvalue weighted by molar-refractivity contribution is 0.0802. The Bertz CT molecular complexity index is 354. The normalized spacial score (nSPS) is 10.0. The smallest absolute Gasteiger partial charge is 0.253 e. The lowest BCUT2D eigenvalue weighted by atomic mass is 10.2. The maximum Gasteiger partial charge on any atom is 0.253 e. The number of carbonyl (C=O) groups excluding carboxylic acids is 1. The van der Waals surface area contributed by atoms with Crippen LogP contribution in [-0.4, -0.2) is 24.4 Å². The van der Waals surface area contributed by atoms with Crippen LogP contribution >= 0.6 is 15.9 Å². The maximum atomic E-state index is 13.1. The van der Waals surface area contributed by atoms with E-state index in [1.165, 1.54) is 17.0 Å². The summed E-state index contributed by atoms with van der Waals surface area (Å²) < 4.78 is 13.5. The first-order valence-corrected chi connectivity index (χ1v) is 5.06. The monoisotopic (exact) mass is 259 g/mol. The Morgan fingerprint density at radius 1 is 1.57 bits per heavy atom. The largest absolute Gasteiger partial charge is 0.342 e. The van der Waals surface area contributed by atoms with E-state index in [0.717, 1.165) is 0 Å². The molecule has 0 unspecified atom stereocenters. The van der Waals surface area contributed by atoms with Gasteiger partial charge in [0.25, 0.3) is 5.91 Å². The zero-order chi connectivity index (χ0) is 10.7. The van der Waals surface area contributed by atoms with Crippen LogP contribution < -0.4 is 0 Å². The van der Waals surface area contributed by atoms with Gasteiger partial charge >= 0.3 is 0 Å². The number of amides is 1. The van der Waals surface area contributed by atoms with E-state index >= 15 is 0 Å². The Morgan fingerprint density at radius 2 is 2.21 bits per heavy atom. The van der Waals surface area contributed by atoms with Crippen LogP contribution in [0, 0.1) is 5.82 Å². The molecule has 2 nitrogen and oxygen atoms in total. The molecule has 4 heteroatoms. The van der Waals surface area contributed by atoms with E-state index in [-0.39, 0.29) is 5.91 Å². The third-order valence-corrected chi connectivity index (χ3v) is 2.63. The second-order valence-corrected chi connectivity index (χ2v) is 3.80. The van der Waals surface area contributed by atoms with Gasteiger partial charge in [0.1, 0.15) is 5.82 Å². The van der Waals surface area contributed by atoms with Crippen molar-refractivity contribution >= 4 is 21.8 Å². The molecule has 76 valence electrons. The van der Waals surface area contributed by atoms with Crippen molar-refractivity contribution in [3.8, 4) is 0 Å². The number of hydrogen-bond donors (Lipinski definition) is 0. The average Bonchev–Trinajstić information content (AvgIpc) is 2.20. The fourth-order valence-corrected chi connectivity index (χ4v) is 1.24. The van der Waals surface area contributed by atoms with Crippen molar-refractivity contribution in [2.75, 3.05) is 13.6 Å². The lowest BCUT2D eigenvalue weighted by Crippen LogP contribution is -2.26. The molecule has 1 amide bonds. The van der Waals surface area contributed by atoms with Crippen molar-refractivity contribution in [2.24, 2.45) is 0 Å². The van der Waals surface area contributed by atoms with Crippen LogP contribution in [0.1, 0.15) is 17.3 Å². The van der Waals surface area contributed by atoms with E-state index in [1.807, 2.05) is 6.92 Å². The van der Waals surface area contributed by atoms with Gasteiger partial charge in [0.2, 0.25) is 0 Å². The summed E-state index contributed by atoms with van der Waals surface area (Å²) in [5.74, 6) is -0.584. The molecule has 0 bridgehead atoms. The van der Waals surface area contributed by atoms with Crippen molar-refractivity contribution in [1.82, 2.24) is 4.90 Å². The molecule has 0 N–H and O–H groups in total. The summed E-state index contributed by atoms with van der Waals surface area (Å²) in [7, 11) is 1.68. The van der Waals surface area contributed by atoms with Crippen LogP contribution in [0.5, 0.6) is 0 Å². The van der Waals surface area contributed by atoms with E-state index in [4.69, 9.17) is 0 Å². The van der Waals surface area contributed by atoms with Gasteiger partial charge in [-0.2, -0.15) is 0 Å². The van der Waals surface area contributed by atoms with Gasteiger partial charge in [-0.15, -0.1) is 0 Å². The Hall–Kier alpha value is -0.900. The summed E-state index contributed by atoms with van der Waals surface area (Å²) in [6, 6.07) is 4.37. The van der Waals surface area contributed by atoms with Crippen LogP contribution in [0.15, 0.2) is 22.7 Å². The van der Waals surface area contributed by atoms with Crippen LogP contribution in [0.2, 0.25) is 0 Å². The minimum absolute atomic E-state index is 0.168. The van der Waals surface area contributed by atoms with E-state index in [1.54, 1.807) is 13.1 Å². The second kappa shape index (κ2) is 4.55. The summed E-state index contributed by atoms with van der Waals surface area (Å²) in [4.78, 5) is 13.1. The van der Waals surface area contributed by atoms with E-state index in [0.29, 0.717) is 16.6 Å². The molecule has 0 saturated heterocycles. The molecule has 0 fully saturated rings. The highest BCUT2D eigenvalue weighted by atomic mass is 79.9. The molecule has 0 spiro atoms. The minimum Gasteiger partial charge on any atom is -0.342 e. The Morgan fingerprint density at radius 3 is 2.71 bits per heavy atom. The number of halogens is 2. The Balaban J connectivity index is 2.97. The average molecular weight is 260 g/mol. The number of benzene rings is 1. The third kappa shape index (κ3) is 2.32. The molecule has 0 aliphatic rings. The highest BCUT2D eigenvalue weighted by Crippen LogP contribution is 2.17. The summed E-state index contributed by atoms with van der Waals surface area (Å²) in [5, 5.41) is 0. The van der Waals surface area contributed by atoms with E-state index in [9.17, 15) is 9.18 Å². The van der Waals surface area contributed by atoms with Crippen LogP contribution in [0.4, 0.5) is 4.39 Å². The maximum absolute atomic E-state index is 13.1. The standard InChI is InChI=1S/C10H11BrFNO/c1-3-13(2)10(14)7-4-5-8(11)9(12)6-7/h4-6H,3H2,1-2H3. The van der Waals surface area contributed by atoms with Gasteiger partial charge in [-0.05, 0) is 41.1 Å². The predicted molar refractivity (Wildman–Crippen MR) is 56.7 cm³/mol. The molecule has 0 aromatic heterocycles. The van der Waals surface area contributed by atoms with Crippen molar-refractivity contribution in [3.63, 3.8) is 0 Å². The highest BCUT2D eigenvalue weighted by molar-refractivity contribution is 9.10. The van der Waals surface area contributed by atoms with Gasteiger partial charge < -0.3 is 4.90 Å². The fourth-order valence-electron chi connectivity index (χ4n) is 0.993. The van der Waals surface area contributed by atoms with Gasteiger partial charge in [0, 0.05) is 19.2 Å². The Labute approximate surface area is 90.8 Å². The van der Waals surface area contributed by atoms with Crippen molar-refractivity contribution in [3.05, 3.63) is 34.1 Å². The number of nitrogens with zero attached hydrogens (tertiary/aromatic N) is 1. The van der Waals surface area contributed by atoms with Crippen LogP contribution in [-0.2, 0) is 0 Å². The topological polar surface area (TPSA) is 20.3 Å². The molecule has 1 aromatic rings. The fraction of sp³-hybridized carbons (Fsp3) is 0.300. The SMILES string of the molecule is CCN(C)C(=O)c1ccc(Br)c(F)c1. The molecule has 0 aliphatic heterocycles. The minimum atomic E-state index is -0.416. The number of carbonyl (C=O) groups is 1. The van der Waals surface area contributed by atoms with Gasteiger partial charge in [-0.25, -0.2) is 4.39 Å². The molecular formula is C10H11BrFNO. The first-order chi connectivity index (χ1) is 6.56. The molecule has 0 heterocycles. The summed E-state index contributed by atoms with van der Waals surface area (Å²) >= 11 is 3.03. The van der Waals surface area contributed by atoms with Crippen LogP contribution in [0.25, 0.3) is 0 Å². The van der Waals surface area contributed by atoms with E-state index < -0.39 is 5.82 Å². The molecule has 0 aliphatic carbocycles. The van der Waals surface area contributed by atoms with E-state index in [2.05, 4.69) is 15.9 Å². The molecule has 0 saturated carbocycles. The molecule has 1 aromatic carbocycles. The number of rotatable bonds is 2. The quantitative estimate of drug-likeness (QED) is 0.800. The Kier molecular flexibility index (Phi) is 3.63. The number of hydrogen-bond acceptors (Lipinski definition) is 1. The zero-order valence-electron chi connectivity index (χ0n) is 8.05. The summed E-state index contributed by atoms with van der Waals surface area (Å²) in [6.45, 7) is 2.48. The molecular weight excluding hydrogens is 249 g/mol. The summed E-state index contributed by atoms with van der Waals surface area (Å²) in [5.41, 5.74) is 0.370. The van der Waals surface area contributed by atoms with Gasteiger partial charge in [0.15, 0.2) is 0 Å². The van der Waals surface area contributed by atoms with Crippen molar-refractivity contribution < 1.29 is 9.18 Å². The van der Waals surface area contributed by atoms with Crippen molar-refractivity contribution in [2.45, 2.75) is 6.92 Å². The highest BCUT2D eigenvalue weighted by Gasteiger charge is 2.11. The summed E-state index contributed by atoms with van der Waals surface area (Å²) in [6.07, 6.45) is 0. The second-order valence-electron chi connectivity index (χ2n) is 2.95. The zero-order valence-corrected chi connectivity index (χ0v) is 9.64. The molecule has 0 radical (unpaired) electrons. The first-order valence-electron chi connectivity index (χ1n) is 4.26. The first kappa shape index (κ1) is 11.2. The van der Waals surface area contributed by atoms with Crippen LogP contribution in [0.3, 0.4) is 0 Å². The van der Waals surface area contributed by atoms with Crippen molar-refractivity contribution in [1.29, 1.82) is 0 Å². The van der Waals surface area contributed by atoms with Gasteiger partial charge in [-0.3, -0.25) is 4.79 Å². The predicted octanol–water partition coefficient (Wildman–Crippen LogP) is 2.68. The molecule has 1 rings (SSSR count). The third-order valence-electron chi connectivity index (χ3n) is 1.99. The van der Waals surface area contributed by atoms with Gasteiger partial charge in [-0.1, -0.05) is 0 Å². The van der Waals surface area contributed by atoms with Gasteiger partial charge in [0.05, 0.1) is 4.47 Å².